The summed E-state index contributed by atoms with van der Waals surface area (Å²) in [5.41, 5.74) is 2.97. The van der Waals surface area contributed by atoms with Crippen molar-refractivity contribution >= 4 is 65.5 Å². The Morgan fingerprint density at radius 1 is 1.00 bits per heavy atom. The lowest BCUT2D eigenvalue weighted by Crippen LogP contribution is -2.48. The third-order valence-electron chi connectivity index (χ3n) is 5.52. The highest BCUT2D eigenvalue weighted by Gasteiger charge is 2.27. The molecule has 0 spiro atoms. The molecule has 1 heterocycles. The van der Waals surface area contributed by atoms with Crippen LogP contribution < -0.4 is 15.5 Å². The first-order valence-corrected chi connectivity index (χ1v) is 11.8. The number of carbonyl (C=O) groups excluding carboxylic acids is 2. The summed E-state index contributed by atoms with van der Waals surface area (Å²) in [5.74, 6) is -0.339. The number of anilines is 1. The smallest absolute Gasteiger partial charge is 0.256 e. The van der Waals surface area contributed by atoms with Crippen LogP contribution in [0.5, 0.6) is 0 Å². The van der Waals surface area contributed by atoms with Crippen molar-refractivity contribution in [2.24, 2.45) is 0 Å². The topological polar surface area (TPSA) is 67.9 Å². The molecule has 0 radical (unpaired) electrons. The molecule has 194 valence electrons. The molecule has 0 saturated heterocycles. The minimum Gasteiger partial charge on any atom is -0.353 e. The number of amides is 2. The summed E-state index contributed by atoms with van der Waals surface area (Å²) in [6.07, 6.45) is 0. The predicted molar refractivity (Wildman–Crippen MR) is 148 cm³/mol. The first-order valence-electron chi connectivity index (χ1n) is 11.0. The maximum atomic E-state index is 13.2. The second kappa shape index (κ2) is 14.7. The molecule has 3 rings (SSSR count). The summed E-state index contributed by atoms with van der Waals surface area (Å²) in [5, 5.41) is 10.7. The molecular weight excluding hydrogens is 532 g/mol. The van der Waals surface area contributed by atoms with Gasteiger partial charge in [-0.1, -0.05) is 61.3 Å². The van der Waals surface area contributed by atoms with Crippen molar-refractivity contribution in [1.29, 1.82) is 0 Å². The number of fused-ring (bicyclic) bond motifs is 1. The molecule has 0 saturated carbocycles. The molecule has 2 aromatic carbocycles. The Kier molecular flexibility index (Phi) is 13.2. The molecule has 1 aliphatic heterocycles. The van der Waals surface area contributed by atoms with Gasteiger partial charge in [0, 0.05) is 44.3 Å². The number of nitrogens with zero attached hydrogens (tertiary/aromatic N) is 3. The van der Waals surface area contributed by atoms with Crippen molar-refractivity contribution in [3.8, 4) is 0 Å². The molecule has 11 heteroatoms. The van der Waals surface area contributed by atoms with Crippen LogP contribution in [0.4, 0.5) is 5.69 Å². The van der Waals surface area contributed by atoms with E-state index < -0.39 is 0 Å². The van der Waals surface area contributed by atoms with Gasteiger partial charge in [-0.05, 0) is 29.3 Å². The van der Waals surface area contributed by atoms with E-state index in [4.69, 9.17) is 23.2 Å². The predicted octanol–water partition coefficient (Wildman–Crippen LogP) is 4.15. The zero-order chi connectivity index (χ0) is 24.0. The number of benzene rings is 2. The maximum absolute atomic E-state index is 13.2. The summed E-state index contributed by atoms with van der Waals surface area (Å²) < 4.78 is 0. The molecular formula is C24H33Cl4N5O2. The molecule has 0 atom stereocenters. The van der Waals surface area contributed by atoms with Gasteiger partial charge in [0.25, 0.3) is 5.91 Å². The van der Waals surface area contributed by atoms with E-state index in [2.05, 4.69) is 22.8 Å². The van der Waals surface area contributed by atoms with E-state index in [1.54, 1.807) is 35.2 Å². The largest absolute Gasteiger partial charge is 0.353 e. The number of hydrogen-bond acceptors (Lipinski definition) is 5. The highest BCUT2D eigenvalue weighted by atomic mass is 35.5. The number of rotatable bonds is 10. The van der Waals surface area contributed by atoms with Gasteiger partial charge in [-0.25, -0.2) is 5.01 Å². The van der Waals surface area contributed by atoms with Gasteiger partial charge in [-0.15, -0.1) is 24.8 Å². The van der Waals surface area contributed by atoms with E-state index in [-0.39, 0.29) is 49.7 Å². The average Bonchev–Trinajstić information content (AvgIpc) is 3.21. The number of nitrogens with one attached hydrogen (secondary N) is 2. The van der Waals surface area contributed by atoms with Gasteiger partial charge < -0.3 is 15.5 Å². The minimum absolute atomic E-state index is 0. The molecule has 0 aliphatic carbocycles. The fourth-order valence-corrected chi connectivity index (χ4v) is 4.10. The first-order chi connectivity index (χ1) is 15.7. The normalized spacial score (nSPS) is 12.4. The minimum atomic E-state index is -0.194. The molecule has 0 unspecified atom stereocenters. The Morgan fingerprint density at radius 3 is 2.23 bits per heavy atom. The zero-order valence-corrected chi connectivity index (χ0v) is 23.2. The Balaban J connectivity index is 0.00000306. The monoisotopic (exact) mass is 563 g/mol. The van der Waals surface area contributed by atoms with Crippen LogP contribution in [0.1, 0.15) is 25.0 Å². The summed E-state index contributed by atoms with van der Waals surface area (Å²) in [6, 6.07) is 13.5. The highest BCUT2D eigenvalue weighted by Crippen LogP contribution is 2.29. The summed E-state index contributed by atoms with van der Waals surface area (Å²) >= 11 is 12.6. The third-order valence-corrected chi connectivity index (χ3v) is 6.07. The van der Waals surface area contributed by atoms with Crippen LogP contribution in [0.3, 0.4) is 0 Å². The second-order valence-electron chi connectivity index (χ2n) is 8.42. The number of likely N-dealkylation sites (N-methyl/N-ethyl adjacent to an activating group) is 1. The highest BCUT2D eigenvalue weighted by molar-refractivity contribution is 6.35. The molecule has 7 nitrogen and oxygen atoms in total. The lowest BCUT2D eigenvalue weighted by Gasteiger charge is -2.31. The van der Waals surface area contributed by atoms with Crippen LogP contribution in [-0.4, -0.2) is 61.1 Å². The van der Waals surface area contributed by atoms with Crippen LogP contribution >= 0.6 is 48.0 Å². The summed E-state index contributed by atoms with van der Waals surface area (Å²) in [7, 11) is 1.75. The zero-order valence-electron chi connectivity index (χ0n) is 20.1. The van der Waals surface area contributed by atoms with Gasteiger partial charge in [-0.2, -0.15) is 0 Å². The molecule has 35 heavy (non-hydrogen) atoms. The number of carbonyl (C=O) groups is 2. The van der Waals surface area contributed by atoms with Crippen molar-refractivity contribution in [3.63, 3.8) is 0 Å². The van der Waals surface area contributed by atoms with Gasteiger partial charge >= 0.3 is 0 Å². The molecule has 0 bridgehead atoms. The van der Waals surface area contributed by atoms with Crippen LogP contribution in [0, 0.1) is 0 Å². The van der Waals surface area contributed by atoms with Crippen molar-refractivity contribution in [3.05, 3.63) is 63.6 Å². The SMILES string of the molecule is CC(C)NCCNC(=O)CN(CC(=O)N(C)N1Cc2ccccc2C1)c1cc(Cl)ccc1Cl.Cl.Cl. The molecule has 1 aliphatic rings. The fraction of sp³-hybridized carbons (Fsp3) is 0.417. The summed E-state index contributed by atoms with van der Waals surface area (Å²) in [6.45, 7) is 6.56. The van der Waals surface area contributed by atoms with Crippen LogP contribution in [0.2, 0.25) is 10.0 Å². The lowest BCUT2D eigenvalue weighted by molar-refractivity contribution is -0.145. The van der Waals surface area contributed by atoms with Gasteiger partial charge in [0.05, 0.1) is 23.8 Å². The maximum Gasteiger partial charge on any atom is 0.256 e. The molecule has 2 N–H and O–H groups in total. The van der Waals surface area contributed by atoms with E-state index in [1.807, 2.05) is 31.0 Å². The Bertz CT molecular complexity index is 967. The van der Waals surface area contributed by atoms with Gasteiger partial charge in [-0.3, -0.25) is 14.6 Å². The number of halogens is 4. The Labute approximate surface area is 229 Å². The van der Waals surface area contributed by atoms with Crippen molar-refractivity contribution in [2.45, 2.75) is 33.0 Å². The number of hydrazine groups is 1. The van der Waals surface area contributed by atoms with Crippen LogP contribution in [0.15, 0.2) is 42.5 Å². The van der Waals surface area contributed by atoms with E-state index >= 15 is 0 Å². The van der Waals surface area contributed by atoms with E-state index in [1.165, 1.54) is 11.1 Å². The third kappa shape index (κ3) is 9.01. The quantitative estimate of drug-likeness (QED) is 0.424. The van der Waals surface area contributed by atoms with E-state index in [0.29, 0.717) is 48.0 Å². The van der Waals surface area contributed by atoms with E-state index in [0.717, 1.165) is 0 Å². The molecule has 2 aromatic rings. The van der Waals surface area contributed by atoms with Gasteiger partial charge in [0.1, 0.15) is 0 Å². The Morgan fingerprint density at radius 2 is 1.63 bits per heavy atom. The fourth-order valence-electron chi connectivity index (χ4n) is 3.70. The molecule has 0 fully saturated rings. The van der Waals surface area contributed by atoms with Crippen molar-refractivity contribution < 1.29 is 9.59 Å². The number of hydrogen-bond donors (Lipinski definition) is 2. The average molecular weight is 565 g/mol. The molecule has 0 aromatic heterocycles. The van der Waals surface area contributed by atoms with Crippen LogP contribution in [-0.2, 0) is 22.7 Å². The van der Waals surface area contributed by atoms with Gasteiger partial charge in [0.15, 0.2) is 0 Å². The molecule has 2 amide bonds. The van der Waals surface area contributed by atoms with Gasteiger partial charge in [0.2, 0.25) is 5.91 Å². The van der Waals surface area contributed by atoms with Crippen molar-refractivity contribution in [1.82, 2.24) is 20.7 Å². The van der Waals surface area contributed by atoms with E-state index in [9.17, 15) is 9.59 Å². The summed E-state index contributed by atoms with van der Waals surface area (Å²) in [4.78, 5) is 27.5. The second-order valence-corrected chi connectivity index (χ2v) is 9.26. The van der Waals surface area contributed by atoms with Crippen molar-refractivity contribution in [2.75, 3.05) is 38.1 Å². The van der Waals surface area contributed by atoms with Crippen LogP contribution in [0.25, 0.3) is 0 Å². The first kappa shape index (κ1) is 31.3. The Hall–Kier alpha value is -1.74. The standard InChI is InChI=1S/C24H31Cl2N5O2.2ClH/c1-17(2)27-10-11-28-23(32)15-30(22-12-20(25)8-9-21(22)26)16-24(33)29(3)31-13-18-6-4-5-7-19(18)14-31;;/h4-9,12,17,27H,10-11,13-16H2,1-3H3,(H,28,32);2*1H. The lowest BCUT2D eigenvalue weighted by atomic mass is 10.1.